The molecule has 4 aliphatic rings. The van der Waals surface area contributed by atoms with Gasteiger partial charge in [-0.3, -0.25) is 0 Å². The molecule has 0 aromatic heterocycles. The van der Waals surface area contributed by atoms with Gasteiger partial charge in [-0.2, -0.15) is 0 Å². The van der Waals surface area contributed by atoms with Gasteiger partial charge in [-0.1, -0.05) is 52.3 Å². The molecule has 0 bridgehead atoms. The Bertz CT molecular complexity index is 710. The molecule has 0 heterocycles. The van der Waals surface area contributed by atoms with Crippen molar-refractivity contribution in [3.8, 4) is 0 Å². The first-order valence-corrected chi connectivity index (χ1v) is 13.3. The minimum Gasteiger partial charge on any atom is -0.393 e. The third-order valence-corrected chi connectivity index (χ3v) is 11.2. The van der Waals surface area contributed by atoms with Crippen molar-refractivity contribution in [3.63, 3.8) is 0 Å². The van der Waals surface area contributed by atoms with Crippen LogP contribution in [0.4, 0.5) is 0 Å². The van der Waals surface area contributed by atoms with Gasteiger partial charge in [-0.15, -0.1) is 6.58 Å². The summed E-state index contributed by atoms with van der Waals surface area (Å²) in [6, 6.07) is 0. The fraction of sp³-hybridized carbons (Fsp3) is 0.862. The van der Waals surface area contributed by atoms with Crippen LogP contribution in [0.2, 0.25) is 0 Å². The number of rotatable bonds is 6. The van der Waals surface area contributed by atoms with Crippen LogP contribution in [0.15, 0.2) is 24.3 Å². The Morgan fingerprint density at radius 1 is 1.10 bits per heavy atom. The van der Waals surface area contributed by atoms with Gasteiger partial charge in [0.25, 0.3) is 0 Å². The van der Waals surface area contributed by atoms with Gasteiger partial charge in [0.2, 0.25) is 0 Å². The molecule has 0 amide bonds. The first-order chi connectivity index (χ1) is 14.5. The Morgan fingerprint density at radius 2 is 1.77 bits per heavy atom. The summed E-state index contributed by atoms with van der Waals surface area (Å²) in [5.41, 5.74) is 1.91. The lowest BCUT2D eigenvalue weighted by Gasteiger charge is -2.57. The summed E-state index contributed by atoms with van der Waals surface area (Å²) >= 11 is 0. The van der Waals surface area contributed by atoms with E-state index in [9.17, 15) is 10.2 Å². The number of aliphatic hydroxyl groups is 2. The molecule has 9 atom stereocenters. The van der Waals surface area contributed by atoms with Gasteiger partial charge >= 0.3 is 0 Å². The van der Waals surface area contributed by atoms with Gasteiger partial charge in [0.05, 0.1) is 11.7 Å². The number of hydrogen-bond donors (Lipinski definition) is 2. The van der Waals surface area contributed by atoms with Crippen LogP contribution in [0.1, 0.15) is 98.8 Å². The zero-order valence-electron chi connectivity index (χ0n) is 20.9. The normalized spacial score (nSPS) is 45.2. The van der Waals surface area contributed by atoms with Gasteiger partial charge < -0.3 is 10.2 Å². The van der Waals surface area contributed by atoms with E-state index in [0.717, 1.165) is 43.4 Å². The van der Waals surface area contributed by atoms with Gasteiger partial charge in [0, 0.05) is 0 Å². The summed E-state index contributed by atoms with van der Waals surface area (Å²) in [6.45, 7) is 15.7. The molecule has 0 aromatic rings. The van der Waals surface area contributed by atoms with E-state index in [0.29, 0.717) is 22.7 Å². The van der Waals surface area contributed by atoms with Crippen molar-refractivity contribution in [3.05, 3.63) is 24.3 Å². The van der Waals surface area contributed by atoms with Crippen LogP contribution in [0, 0.1) is 46.3 Å². The van der Waals surface area contributed by atoms with E-state index in [1.807, 2.05) is 5.57 Å². The average molecular weight is 429 g/mol. The molecule has 2 N–H and O–H groups in total. The molecule has 3 saturated carbocycles. The quantitative estimate of drug-likeness (QED) is 0.451. The maximum atomic E-state index is 11.0. The zero-order chi connectivity index (χ0) is 22.6. The number of aliphatic hydroxyl groups excluding tert-OH is 1. The number of hydrogen-bond acceptors (Lipinski definition) is 2. The Balaban J connectivity index is 1.50. The van der Waals surface area contributed by atoms with E-state index in [2.05, 4.69) is 47.3 Å². The van der Waals surface area contributed by atoms with Crippen molar-refractivity contribution in [2.24, 2.45) is 46.3 Å². The first kappa shape index (κ1) is 23.6. The van der Waals surface area contributed by atoms with Crippen molar-refractivity contribution in [2.45, 2.75) is 111 Å². The predicted octanol–water partition coefficient (Wildman–Crippen LogP) is 6.92. The molecule has 2 nitrogen and oxygen atoms in total. The molecule has 4 aliphatic carbocycles. The topological polar surface area (TPSA) is 40.5 Å². The van der Waals surface area contributed by atoms with E-state index >= 15 is 0 Å². The molecular formula is C29H48O2. The summed E-state index contributed by atoms with van der Waals surface area (Å²) in [6.07, 6.45) is 16.1. The van der Waals surface area contributed by atoms with Crippen LogP contribution in [-0.4, -0.2) is 21.9 Å². The molecule has 0 aliphatic heterocycles. The predicted molar refractivity (Wildman–Crippen MR) is 130 cm³/mol. The van der Waals surface area contributed by atoms with E-state index in [4.69, 9.17) is 0 Å². The first-order valence-electron chi connectivity index (χ1n) is 13.3. The number of allylic oxidation sites excluding steroid dienone is 2. The van der Waals surface area contributed by atoms with Crippen molar-refractivity contribution in [1.82, 2.24) is 0 Å². The molecule has 2 heteroatoms. The average Bonchev–Trinajstić information content (AvgIpc) is 3.09. The standard InChI is InChI=1S/C29H48O2/c1-7-29(31,19(2)3)17-12-20(4)24-10-11-25-23-9-8-21-18-22(30)13-15-27(21,5)26(23)14-16-28(24,25)6/h7,9,19-22,24-26,30-31H,1,8,10-18H2,2-6H3/t20-,21+,22+,24-,25+,26+,27+,28-,29-/m1/s1. The molecule has 3 fully saturated rings. The van der Waals surface area contributed by atoms with Crippen molar-refractivity contribution in [2.75, 3.05) is 0 Å². The van der Waals surface area contributed by atoms with Crippen LogP contribution in [0.25, 0.3) is 0 Å². The highest BCUT2D eigenvalue weighted by atomic mass is 16.3. The lowest BCUT2D eigenvalue weighted by atomic mass is 9.47. The van der Waals surface area contributed by atoms with E-state index in [-0.39, 0.29) is 12.0 Å². The minimum atomic E-state index is -0.730. The Kier molecular flexibility index (Phi) is 6.32. The smallest absolute Gasteiger partial charge is 0.0847 e. The van der Waals surface area contributed by atoms with Crippen molar-refractivity contribution >= 4 is 0 Å². The molecule has 4 rings (SSSR count). The zero-order valence-corrected chi connectivity index (χ0v) is 20.9. The summed E-state index contributed by atoms with van der Waals surface area (Å²) < 4.78 is 0. The molecule has 0 aromatic carbocycles. The summed E-state index contributed by atoms with van der Waals surface area (Å²) in [5, 5.41) is 21.2. The Morgan fingerprint density at radius 3 is 2.45 bits per heavy atom. The molecule has 0 unspecified atom stereocenters. The van der Waals surface area contributed by atoms with Gasteiger partial charge in [0.1, 0.15) is 0 Å². The van der Waals surface area contributed by atoms with Crippen LogP contribution in [-0.2, 0) is 0 Å². The molecule has 176 valence electrons. The van der Waals surface area contributed by atoms with Gasteiger partial charge in [-0.05, 0) is 111 Å². The summed E-state index contributed by atoms with van der Waals surface area (Å²) in [5.74, 6) is 3.81. The summed E-state index contributed by atoms with van der Waals surface area (Å²) in [7, 11) is 0. The third-order valence-electron chi connectivity index (χ3n) is 11.2. The second-order valence-electron chi connectivity index (χ2n) is 12.8. The van der Waals surface area contributed by atoms with Gasteiger partial charge in [-0.25, -0.2) is 0 Å². The molecule has 0 spiro atoms. The van der Waals surface area contributed by atoms with E-state index in [1.165, 1.54) is 38.5 Å². The highest BCUT2D eigenvalue weighted by molar-refractivity contribution is 5.27. The van der Waals surface area contributed by atoms with Crippen LogP contribution >= 0.6 is 0 Å². The molecular weight excluding hydrogens is 380 g/mol. The van der Waals surface area contributed by atoms with Gasteiger partial charge in [0.15, 0.2) is 0 Å². The second-order valence-corrected chi connectivity index (χ2v) is 12.8. The highest BCUT2D eigenvalue weighted by Gasteiger charge is 2.58. The largest absolute Gasteiger partial charge is 0.393 e. The lowest BCUT2D eigenvalue weighted by molar-refractivity contribution is -0.0436. The molecule has 31 heavy (non-hydrogen) atoms. The number of fused-ring (bicyclic) bond motifs is 5. The summed E-state index contributed by atoms with van der Waals surface area (Å²) in [4.78, 5) is 0. The highest BCUT2D eigenvalue weighted by Crippen LogP contribution is 2.67. The molecule has 0 radical (unpaired) electrons. The van der Waals surface area contributed by atoms with Crippen molar-refractivity contribution in [1.29, 1.82) is 0 Å². The van der Waals surface area contributed by atoms with Crippen LogP contribution < -0.4 is 0 Å². The second kappa shape index (κ2) is 8.32. The van der Waals surface area contributed by atoms with Crippen molar-refractivity contribution < 1.29 is 10.2 Å². The maximum Gasteiger partial charge on any atom is 0.0847 e. The lowest BCUT2D eigenvalue weighted by Crippen LogP contribution is -2.50. The Hall–Kier alpha value is -0.600. The fourth-order valence-corrected chi connectivity index (χ4v) is 8.75. The SMILES string of the molecule is C=C[C@@](O)(CC[C@@H](C)[C@H]1CC[C@H]2C3=CC[C@H]4C[C@@H](O)CC[C@]4(C)[C@H]3CC[C@]12C)C(C)C. The Labute approximate surface area is 191 Å². The van der Waals surface area contributed by atoms with Crippen LogP contribution in [0.3, 0.4) is 0 Å². The van der Waals surface area contributed by atoms with E-state index in [1.54, 1.807) is 6.08 Å². The maximum absolute atomic E-state index is 11.0. The monoisotopic (exact) mass is 428 g/mol. The third kappa shape index (κ3) is 3.78. The van der Waals surface area contributed by atoms with Crippen LogP contribution in [0.5, 0.6) is 0 Å². The van der Waals surface area contributed by atoms with E-state index < -0.39 is 5.60 Å². The molecule has 0 saturated heterocycles. The fourth-order valence-electron chi connectivity index (χ4n) is 8.75. The minimum absolute atomic E-state index is 0.0707.